The van der Waals surface area contributed by atoms with Crippen molar-refractivity contribution in [3.63, 3.8) is 0 Å². The SMILES string of the molecule is CCCc1nc(N)c(C)c(NCCS(=O)(=O)CC)n1. The van der Waals surface area contributed by atoms with Crippen molar-refractivity contribution in [2.75, 3.05) is 29.1 Å². The quantitative estimate of drug-likeness (QED) is 0.780. The maximum atomic E-state index is 11.4. The molecule has 0 amide bonds. The molecule has 0 spiro atoms. The van der Waals surface area contributed by atoms with Gasteiger partial charge >= 0.3 is 0 Å². The third kappa shape index (κ3) is 4.66. The van der Waals surface area contributed by atoms with E-state index in [0.717, 1.165) is 18.4 Å². The van der Waals surface area contributed by atoms with Gasteiger partial charge in [-0.15, -0.1) is 0 Å². The Morgan fingerprint density at radius 3 is 2.53 bits per heavy atom. The molecule has 0 unspecified atom stereocenters. The van der Waals surface area contributed by atoms with Crippen LogP contribution in [0, 0.1) is 6.92 Å². The fraction of sp³-hybridized carbons (Fsp3) is 0.667. The highest BCUT2D eigenvalue weighted by Crippen LogP contribution is 2.17. The Bertz CT molecular complexity index is 529. The van der Waals surface area contributed by atoms with Crippen molar-refractivity contribution < 1.29 is 8.42 Å². The summed E-state index contributed by atoms with van der Waals surface area (Å²) in [6.45, 7) is 5.84. The van der Waals surface area contributed by atoms with Crippen molar-refractivity contribution in [1.82, 2.24) is 9.97 Å². The summed E-state index contributed by atoms with van der Waals surface area (Å²) in [6.07, 6.45) is 1.69. The molecule has 7 heteroatoms. The first kappa shape index (κ1) is 15.7. The molecule has 0 saturated carbocycles. The van der Waals surface area contributed by atoms with E-state index in [1.165, 1.54) is 0 Å². The van der Waals surface area contributed by atoms with Crippen LogP contribution in [-0.4, -0.2) is 36.4 Å². The standard InChI is InChI=1S/C12H22N4O2S/c1-4-6-10-15-11(13)9(3)12(16-10)14-7-8-19(17,18)5-2/h4-8H2,1-3H3,(H3,13,14,15,16). The van der Waals surface area contributed by atoms with Crippen LogP contribution in [0.1, 0.15) is 31.7 Å². The zero-order valence-corrected chi connectivity index (χ0v) is 12.5. The van der Waals surface area contributed by atoms with Gasteiger partial charge in [-0.3, -0.25) is 0 Å². The van der Waals surface area contributed by atoms with Crippen LogP contribution in [0.25, 0.3) is 0 Å². The first-order valence-corrected chi connectivity index (χ1v) is 8.29. The fourth-order valence-corrected chi connectivity index (χ4v) is 2.26. The summed E-state index contributed by atoms with van der Waals surface area (Å²) in [5, 5.41) is 3.03. The first-order valence-electron chi connectivity index (χ1n) is 6.47. The van der Waals surface area contributed by atoms with Gasteiger partial charge in [0.15, 0.2) is 9.84 Å². The summed E-state index contributed by atoms with van der Waals surface area (Å²) in [6, 6.07) is 0. The number of hydrogen-bond acceptors (Lipinski definition) is 6. The lowest BCUT2D eigenvalue weighted by Gasteiger charge is -2.11. The Morgan fingerprint density at radius 1 is 1.26 bits per heavy atom. The van der Waals surface area contributed by atoms with Crippen LogP contribution in [0.15, 0.2) is 0 Å². The lowest BCUT2D eigenvalue weighted by Crippen LogP contribution is -2.19. The van der Waals surface area contributed by atoms with E-state index < -0.39 is 9.84 Å². The van der Waals surface area contributed by atoms with Crippen molar-refractivity contribution >= 4 is 21.5 Å². The topological polar surface area (TPSA) is 98.0 Å². The van der Waals surface area contributed by atoms with Crippen molar-refractivity contribution in [2.45, 2.75) is 33.6 Å². The third-order valence-corrected chi connectivity index (χ3v) is 4.55. The molecule has 0 aliphatic carbocycles. The monoisotopic (exact) mass is 286 g/mol. The van der Waals surface area contributed by atoms with E-state index in [-0.39, 0.29) is 11.5 Å². The van der Waals surface area contributed by atoms with E-state index in [4.69, 9.17) is 5.73 Å². The van der Waals surface area contributed by atoms with E-state index in [0.29, 0.717) is 24.0 Å². The molecule has 0 fully saturated rings. The van der Waals surface area contributed by atoms with Gasteiger partial charge in [-0.25, -0.2) is 18.4 Å². The summed E-state index contributed by atoms with van der Waals surface area (Å²) < 4.78 is 22.8. The molecule has 6 nitrogen and oxygen atoms in total. The smallest absolute Gasteiger partial charge is 0.151 e. The molecule has 0 aromatic carbocycles. The lowest BCUT2D eigenvalue weighted by atomic mass is 10.2. The fourth-order valence-electron chi connectivity index (χ4n) is 1.56. The molecule has 108 valence electrons. The number of aromatic nitrogens is 2. The molecular weight excluding hydrogens is 264 g/mol. The molecule has 0 atom stereocenters. The number of nitrogens with two attached hydrogens (primary N) is 1. The average Bonchev–Trinajstić information content (AvgIpc) is 2.35. The van der Waals surface area contributed by atoms with Gasteiger partial charge in [-0.1, -0.05) is 13.8 Å². The second-order valence-electron chi connectivity index (χ2n) is 4.41. The van der Waals surface area contributed by atoms with Gasteiger partial charge in [0.25, 0.3) is 0 Å². The highest BCUT2D eigenvalue weighted by atomic mass is 32.2. The summed E-state index contributed by atoms with van der Waals surface area (Å²) >= 11 is 0. The molecule has 1 heterocycles. The molecule has 0 radical (unpaired) electrons. The minimum atomic E-state index is -2.97. The second-order valence-corrected chi connectivity index (χ2v) is 6.88. The van der Waals surface area contributed by atoms with Gasteiger partial charge < -0.3 is 11.1 Å². The average molecular weight is 286 g/mol. The van der Waals surface area contributed by atoms with Crippen LogP contribution in [-0.2, 0) is 16.3 Å². The normalized spacial score (nSPS) is 11.5. The van der Waals surface area contributed by atoms with E-state index >= 15 is 0 Å². The number of nitrogen functional groups attached to an aromatic ring is 1. The summed E-state index contributed by atoms with van der Waals surface area (Å²) in [7, 11) is -2.97. The second kappa shape index (κ2) is 6.70. The maximum absolute atomic E-state index is 11.4. The Kier molecular flexibility index (Phi) is 5.53. The minimum Gasteiger partial charge on any atom is -0.383 e. The highest BCUT2D eigenvalue weighted by molar-refractivity contribution is 7.91. The number of anilines is 2. The number of aryl methyl sites for hydroxylation is 1. The van der Waals surface area contributed by atoms with Gasteiger partial charge in [0, 0.05) is 24.3 Å². The number of sulfone groups is 1. The number of nitrogens with zero attached hydrogens (tertiary/aromatic N) is 2. The number of rotatable bonds is 7. The molecule has 1 rings (SSSR count). The van der Waals surface area contributed by atoms with Gasteiger partial charge in [0.05, 0.1) is 5.75 Å². The number of hydrogen-bond donors (Lipinski definition) is 2. The lowest BCUT2D eigenvalue weighted by molar-refractivity contribution is 0.597. The van der Waals surface area contributed by atoms with Crippen molar-refractivity contribution in [1.29, 1.82) is 0 Å². The van der Waals surface area contributed by atoms with Crippen molar-refractivity contribution in [3.05, 3.63) is 11.4 Å². The van der Waals surface area contributed by atoms with Crippen molar-refractivity contribution in [2.24, 2.45) is 0 Å². The van der Waals surface area contributed by atoms with E-state index in [9.17, 15) is 8.42 Å². The molecule has 1 aromatic rings. The molecule has 0 bridgehead atoms. The van der Waals surface area contributed by atoms with Crippen LogP contribution < -0.4 is 11.1 Å². The van der Waals surface area contributed by atoms with Crippen LogP contribution in [0.3, 0.4) is 0 Å². The summed E-state index contributed by atoms with van der Waals surface area (Å²) in [5.41, 5.74) is 6.58. The van der Waals surface area contributed by atoms with E-state index in [1.54, 1.807) is 6.92 Å². The van der Waals surface area contributed by atoms with Crippen LogP contribution in [0.4, 0.5) is 11.6 Å². The predicted molar refractivity (Wildman–Crippen MR) is 78.0 cm³/mol. The largest absolute Gasteiger partial charge is 0.383 e. The Morgan fingerprint density at radius 2 is 1.95 bits per heavy atom. The zero-order valence-electron chi connectivity index (χ0n) is 11.7. The van der Waals surface area contributed by atoms with E-state index in [2.05, 4.69) is 15.3 Å². The Labute approximate surface area is 114 Å². The zero-order chi connectivity index (χ0) is 14.5. The third-order valence-electron chi connectivity index (χ3n) is 2.85. The summed E-state index contributed by atoms with van der Waals surface area (Å²) in [4.78, 5) is 8.58. The number of nitrogens with one attached hydrogen (secondary N) is 1. The molecular formula is C12H22N4O2S. The Balaban J connectivity index is 2.77. The van der Waals surface area contributed by atoms with Gasteiger partial charge in [-0.05, 0) is 13.3 Å². The molecule has 0 aliphatic heterocycles. The highest BCUT2D eigenvalue weighted by Gasteiger charge is 2.10. The van der Waals surface area contributed by atoms with Crippen LogP contribution >= 0.6 is 0 Å². The molecule has 19 heavy (non-hydrogen) atoms. The van der Waals surface area contributed by atoms with Gasteiger partial charge in [0.2, 0.25) is 0 Å². The van der Waals surface area contributed by atoms with Crippen molar-refractivity contribution in [3.8, 4) is 0 Å². The van der Waals surface area contributed by atoms with Crippen LogP contribution in [0.2, 0.25) is 0 Å². The Hall–Kier alpha value is -1.37. The van der Waals surface area contributed by atoms with E-state index in [1.807, 2.05) is 13.8 Å². The van der Waals surface area contributed by atoms with Crippen LogP contribution in [0.5, 0.6) is 0 Å². The molecule has 3 N–H and O–H groups in total. The maximum Gasteiger partial charge on any atom is 0.151 e. The van der Waals surface area contributed by atoms with Gasteiger partial charge in [-0.2, -0.15) is 0 Å². The molecule has 0 aliphatic rings. The summed E-state index contributed by atoms with van der Waals surface area (Å²) in [5.74, 6) is 2.00. The van der Waals surface area contributed by atoms with Gasteiger partial charge in [0.1, 0.15) is 17.5 Å². The molecule has 0 saturated heterocycles. The minimum absolute atomic E-state index is 0.0932. The molecule has 1 aromatic heterocycles. The first-order chi connectivity index (χ1) is 8.89. The predicted octanol–water partition coefficient (Wildman–Crippen LogP) is 1.17.